The maximum absolute atomic E-state index is 12.8. The van der Waals surface area contributed by atoms with Gasteiger partial charge in [0.1, 0.15) is 6.04 Å². The summed E-state index contributed by atoms with van der Waals surface area (Å²) in [6, 6.07) is 12.5. The molecule has 2 aromatic rings. The van der Waals surface area contributed by atoms with Crippen LogP contribution in [0.5, 0.6) is 0 Å². The van der Waals surface area contributed by atoms with Gasteiger partial charge >= 0.3 is 0 Å². The van der Waals surface area contributed by atoms with Crippen molar-refractivity contribution in [2.75, 3.05) is 25.5 Å². The van der Waals surface area contributed by atoms with Crippen molar-refractivity contribution in [2.24, 2.45) is 0 Å². The second-order valence-electron chi connectivity index (χ2n) is 6.61. The molecule has 1 aromatic carbocycles. The van der Waals surface area contributed by atoms with Gasteiger partial charge in [-0.3, -0.25) is 14.4 Å². The van der Waals surface area contributed by atoms with Crippen LogP contribution in [0.1, 0.15) is 17.7 Å². The van der Waals surface area contributed by atoms with E-state index in [1.807, 2.05) is 35.7 Å². The summed E-state index contributed by atoms with van der Waals surface area (Å²) in [4.78, 5) is 41.6. The van der Waals surface area contributed by atoms with Crippen LogP contribution in [0, 0.1) is 0 Å². The molecular formula is C20H23N3O3S. The Morgan fingerprint density at radius 2 is 1.96 bits per heavy atom. The molecule has 1 N–H and O–H groups in total. The Hall–Kier alpha value is -2.67. The second-order valence-corrected chi connectivity index (χ2v) is 7.64. The lowest BCUT2D eigenvalue weighted by Gasteiger charge is -2.27. The molecule has 1 aromatic heterocycles. The normalized spacial score (nSPS) is 16.2. The number of hydrogen-bond acceptors (Lipinski definition) is 4. The fourth-order valence-electron chi connectivity index (χ4n) is 3.26. The molecule has 142 valence electrons. The van der Waals surface area contributed by atoms with E-state index in [0.717, 1.165) is 11.3 Å². The van der Waals surface area contributed by atoms with Crippen molar-refractivity contribution >= 4 is 34.7 Å². The van der Waals surface area contributed by atoms with Crippen LogP contribution in [0.2, 0.25) is 0 Å². The van der Waals surface area contributed by atoms with Crippen molar-refractivity contribution < 1.29 is 14.4 Å². The van der Waals surface area contributed by atoms with Gasteiger partial charge in [0.15, 0.2) is 0 Å². The number of likely N-dealkylation sites (N-methyl/N-ethyl adjacent to an activating group) is 1. The summed E-state index contributed by atoms with van der Waals surface area (Å²) in [7, 11) is 1.60. The SMILES string of the molecule is CN(CC(=O)Nc1ccccc1)C(=O)C1CCCN1C(=O)Cc1cccs1. The third-order valence-electron chi connectivity index (χ3n) is 4.58. The predicted octanol–water partition coefficient (Wildman–Crippen LogP) is 2.38. The van der Waals surface area contributed by atoms with Crippen molar-refractivity contribution in [3.8, 4) is 0 Å². The molecule has 0 saturated carbocycles. The average molecular weight is 385 g/mol. The molecule has 7 heteroatoms. The molecule has 1 unspecified atom stereocenters. The van der Waals surface area contributed by atoms with Crippen LogP contribution in [-0.2, 0) is 20.8 Å². The number of nitrogens with zero attached hydrogens (tertiary/aromatic N) is 2. The number of thiophene rings is 1. The van der Waals surface area contributed by atoms with Gasteiger partial charge in [0.25, 0.3) is 0 Å². The molecule has 1 aliphatic heterocycles. The molecule has 3 amide bonds. The molecule has 1 saturated heterocycles. The van der Waals surface area contributed by atoms with Crippen LogP contribution < -0.4 is 5.32 Å². The van der Waals surface area contributed by atoms with Crippen molar-refractivity contribution in [1.29, 1.82) is 0 Å². The fraction of sp³-hybridized carbons (Fsp3) is 0.350. The van der Waals surface area contributed by atoms with Gasteiger partial charge in [0.2, 0.25) is 17.7 Å². The first kappa shape index (κ1) is 19.1. The smallest absolute Gasteiger partial charge is 0.245 e. The van der Waals surface area contributed by atoms with E-state index in [2.05, 4.69) is 5.32 Å². The lowest BCUT2D eigenvalue weighted by Crippen LogP contribution is -2.48. The molecule has 1 aliphatic rings. The van der Waals surface area contributed by atoms with Gasteiger partial charge in [0, 0.05) is 24.2 Å². The lowest BCUT2D eigenvalue weighted by molar-refractivity contribution is -0.143. The quantitative estimate of drug-likeness (QED) is 0.830. The standard InChI is InChI=1S/C20H23N3O3S/c1-22(14-18(24)21-15-7-3-2-4-8-15)20(26)17-10-5-11-23(17)19(25)13-16-9-6-12-27-16/h2-4,6-9,12,17H,5,10-11,13-14H2,1H3,(H,21,24). The molecule has 0 bridgehead atoms. The summed E-state index contributed by atoms with van der Waals surface area (Å²) in [5.74, 6) is -0.475. The third kappa shape index (κ3) is 4.95. The van der Waals surface area contributed by atoms with E-state index in [1.165, 1.54) is 16.2 Å². The summed E-state index contributed by atoms with van der Waals surface area (Å²) >= 11 is 1.54. The van der Waals surface area contributed by atoms with Crippen LogP contribution in [0.3, 0.4) is 0 Å². The Balaban J connectivity index is 1.56. The largest absolute Gasteiger partial charge is 0.335 e. The molecular weight excluding hydrogens is 362 g/mol. The number of rotatable bonds is 6. The monoisotopic (exact) mass is 385 g/mol. The zero-order valence-electron chi connectivity index (χ0n) is 15.3. The Morgan fingerprint density at radius 3 is 2.67 bits per heavy atom. The first-order valence-corrected chi connectivity index (χ1v) is 9.84. The molecule has 1 fully saturated rings. The first-order valence-electron chi connectivity index (χ1n) is 8.96. The molecule has 0 spiro atoms. The Bertz CT molecular complexity index is 792. The predicted molar refractivity (Wildman–Crippen MR) is 105 cm³/mol. The van der Waals surface area contributed by atoms with Crippen molar-refractivity contribution in [3.63, 3.8) is 0 Å². The Labute approximate surface area is 162 Å². The number of nitrogens with one attached hydrogen (secondary N) is 1. The van der Waals surface area contributed by atoms with E-state index in [1.54, 1.807) is 24.1 Å². The molecule has 1 atom stereocenters. The number of para-hydroxylation sites is 1. The highest BCUT2D eigenvalue weighted by Gasteiger charge is 2.35. The van der Waals surface area contributed by atoms with Crippen molar-refractivity contribution in [2.45, 2.75) is 25.3 Å². The summed E-state index contributed by atoms with van der Waals surface area (Å²) in [6.45, 7) is 0.544. The summed E-state index contributed by atoms with van der Waals surface area (Å²) in [5.41, 5.74) is 0.692. The zero-order valence-corrected chi connectivity index (χ0v) is 16.1. The highest BCUT2D eigenvalue weighted by molar-refractivity contribution is 7.10. The molecule has 3 rings (SSSR count). The Morgan fingerprint density at radius 1 is 1.19 bits per heavy atom. The van der Waals surface area contributed by atoms with E-state index in [0.29, 0.717) is 25.1 Å². The number of carbonyl (C=O) groups excluding carboxylic acids is 3. The minimum absolute atomic E-state index is 0.0320. The highest BCUT2D eigenvalue weighted by Crippen LogP contribution is 2.21. The van der Waals surface area contributed by atoms with Gasteiger partial charge in [0.05, 0.1) is 13.0 Å². The van der Waals surface area contributed by atoms with Crippen LogP contribution in [-0.4, -0.2) is 53.7 Å². The van der Waals surface area contributed by atoms with Gasteiger partial charge in [-0.25, -0.2) is 0 Å². The minimum atomic E-state index is -0.480. The summed E-state index contributed by atoms with van der Waals surface area (Å²) in [6.07, 6.45) is 1.76. The zero-order chi connectivity index (χ0) is 19.2. The van der Waals surface area contributed by atoms with Crippen LogP contribution in [0.15, 0.2) is 47.8 Å². The lowest BCUT2D eigenvalue weighted by atomic mass is 10.2. The third-order valence-corrected chi connectivity index (χ3v) is 5.45. The van der Waals surface area contributed by atoms with Crippen molar-refractivity contribution in [1.82, 2.24) is 9.80 Å². The molecule has 0 radical (unpaired) electrons. The van der Waals surface area contributed by atoms with Gasteiger partial charge in [-0.15, -0.1) is 11.3 Å². The number of carbonyl (C=O) groups is 3. The van der Waals surface area contributed by atoms with Crippen LogP contribution in [0.4, 0.5) is 5.69 Å². The Kier molecular flexibility index (Phi) is 6.24. The van der Waals surface area contributed by atoms with Gasteiger partial charge in [-0.05, 0) is 36.4 Å². The van der Waals surface area contributed by atoms with E-state index in [-0.39, 0.29) is 24.3 Å². The summed E-state index contributed by atoms with van der Waals surface area (Å²) < 4.78 is 0. The van der Waals surface area contributed by atoms with Gasteiger partial charge in [-0.2, -0.15) is 0 Å². The maximum Gasteiger partial charge on any atom is 0.245 e. The molecule has 6 nitrogen and oxygen atoms in total. The molecule has 2 heterocycles. The highest BCUT2D eigenvalue weighted by atomic mass is 32.1. The minimum Gasteiger partial charge on any atom is -0.335 e. The van der Waals surface area contributed by atoms with Gasteiger partial charge < -0.3 is 15.1 Å². The van der Waals surface area contributed by atoms with Crippen molar-refractivity contribution in [3.05, 3.63) is 52.7 Å². The second kappa shape index (κ2) is 8.81. The number of benzene rings is 1. The first-order chi connectivity index (χ1) is 13.0. The number of anilines is 1. The fourth-order valence-corrected chi connectivity index (χ4v) is 3.95. The topological polar surface area (TPSA) is 69.7 Å². The van der Waals surface area contributed by atoms with Crippen LogP contribution in [0.25, 0.3) is 0 Å². The average Bonchev–Trinajstić information content (AvgIpc) is 3.33. The summed E-state index contributed by atoms with van der Waals surface area (Å²) in [5, 5.41) is 4.71. The van der Waals surface area contributed by atoms with E-state index in [4.69, 9.17) is 0 Å². The number of likely N-dealkylation sites (tertiary alicyclic amines) is 1. The molecule has 0 aliphatic carbocycles. The van der Waals surface area contributed by atoms with E-state index in [9.17, 15) is 14.4 Å². The van der Waals surface area contributed by atoms with E-state index < -0.39 is 6.04 Å². The number of hydrogen-bond donors (Lipinski definition) is 1. The maximum atomic E-state index is 12.8. The van der Waals surface area contributed by atoms with Crippen LogP contribution >= 0.6 is 11.3 Å². The molecule has 27 heavy (non-hydrogen) atoms. The van der Waals surface area contributed by atoms with Gasteiger partial charge in [-0.1, -0.05) is 24.3 Å². The van der Waals surface area contributed by atoms with E-state index >= 15 is 0 Å². The number of amides is 3.